The van der Waals surface area contributed by atoms with E-state index in [4.69, 9.17) is 4.74 Å². The number of aryl methyl sites for hydroxylation is 1. The molecule has 0 saturated heterocycles. The van der Waals surface area contributed by atoms with Crippen LogP contribution >= 0.6 is 0 Å². The molecule has 1 aromatic carbocycles. The number of hydrogen-bond donors (Lipinski definition) is 2. The van der Waals surface area contributed by atoms with Gasteiger partial charge in [-0.15, -0.1) is 0 Å². The summed E-state index contributed by atoms with van der Waals surface area (Å²) in [5, 5.41) is 2.49. The maximum Gasteiger partial charge on any atom is 0.355 e. The predicted octanol–water partition coefficient (Wildman–Crippen LogP) is 2.65. The summed E-state index contributed by atoms with van der Waals surface area (Å²) in [6, 6.07) is 7.54. The number of nitrogens with one attached hydrogen (secondary N) is 2. The quantitative estimate of drug-likeness (QED) is 0.850. The van der Waals surface area contributed by atoms with E-state index in [9.17, 15) is 14.0 Å². The van der Waals surface area contributed by atoms with Crippen molar-refractivity contribution in [2.24, 2.45) is 0 Å². The zero-order valence-electron chi connectivity index (χ0n) is 11.6. The minimum atomic E-state index is -0.995. The van der Waals surface area contributed by atoms with Crippen molar-refractivity contribution in [3.63, 3.8) is 0 Å². The Morgan fingerprint density at radius 3 is 2.71 bits per heavy atom. The number of aromatic nitrogens is 1. The molecule has 0 aliphatic carbocycles. The van der Waals surface area contributed by atoms with Crippen LogP contribution in [0.3, 0.4) is 0 Å². The van der Waals surface area contributed by atoms with Gasteiger partial charge < -0.3 is 15.0 Å². The molecule has 2 N–H and O–H groups in total. The van der Waals surface area contributed by atoms with E-state index in [-0.39, 0.29) is 5.69 Å². The van der Waals surface area contributed by atoms with Crippen molar-refractivity contribution in [2.45, 2.75) is 20.0 Å². The van der Waals surface area contributed by atoms with Crippen molar-refractivity contribution in [3.8, 4) is 0 Å². The standard InChI is InChI=1S/C15H15FN2O3/c1-9-5-6-11(8-12(9)16)18-14(19)10(2)21-15(20)13-4-3-7-17-13/h3-8,10,17H,1-2H3,(H,18,19)/t10-/m1/s1. The summed E-state index contributed by atoms with van der Waals surface area (Å²) >= 11 is 0. The van der Waals surface area contributed by atoms with Gasteiger partial charge in [0.2, 0.25) is 0 Å². The highest BCUT2D eigenvalue weighted by Gasteiger charge is 2.19. The van der Waals surface area contributed by atoms with Crippen molar-refractivity contribution in [2.75, 3.05) is 5.32 Å². The summed E-state index contributed by atoms with van der Waals surface area (Å²) in [4.78, 5) is 26.3. The number of ether oxygens (including phenoxy) is 1. The first-order chi connectivity index (χ1) is 9.97. The van der Waals surface area contributed by atoms with Crippen LogP contribution in [0, 0.1) is 12.7 Å². The Balaban J connectivity index is 1.96. The topological polar surface area (TPSA) is 71.2 Å². The van der Waals surface area contributed by atoms with Gasteiger partial charge in [0.1, 0.15) is 11.5 Å². The minimum Gasteiger partial charge on any atom is -0.448 e. The molecule has 0 saturated carbocycles. The highest BCUT2D eigenvalue weighted by Crippen LogP contribution is 2.14. The van der Waals surface area contributed by atoms with E-state index in [2.05, 4.69) is 10.3 Å². The number of rotatable bonds is 4. The van der Waals surface area contributed by atoms with E-state index in [1.54, 1.807) is 37.4 Å². The molecule has 5 nitrogen and oxygen atoms in total. The Labute approximate surface area is 121 Å². The molecule has 2 rings (SSSR count). The van der Waals surface area contributed by atoms with Crippen molar-refractivity contribution in [1.82, 2.24) is 4.98 Å². The molecule has 0 bridgehead atoms. The zero-order valence-corrected chi connectivity index (χ0v) is 11.6. The Kier molecular flexibility index (Phi) is 4.37. The molecule has 0 spiro atoms. The summed E-state index contributed by atoms with van der Waals surface area (Å²) in [7, 11) is 0. The third-order valence-corrected chi connectivity index (χ3v) is 2.91. The van der Waals surface area contributed by atoms with Crippen LogP contribution in [0.15, 0.2) is 36.5 Å². The fourth-order valence-corrected chi connectivity index (χ4v) is 1.65. The normalized spacial score (nSPS) is 11.8. The first-order valence-electron chi connectivity index (χ1n) is 6.39. The molecule has 1 atom stereocenters. The number of amides is 1. The van der Waals surface area contributed by atoms with Gasteiger partial charge in [-0.1, -0.05) is 6.07 Å². The third kappa shape index (κ3) is 3.68. The second kappa shape index (κ2) is 6.21. The average molecular weight is 290 g/mol. The van der Waals surface area contributed by atoms with Gasteiger partial charge >= 0.3 is 5.97 Å². The number of carbonyl (C=O) groups excluding carboxylic acids is 2. The van der Waals surface area contributed by atoms with Crippen LogP contribution in [0.25, 0.3) is 0 Å². The lowest BCUT2D eigenvalue weighted by Gasteiger charge is -2.13. The second-order valence-electron chi connectivity index (χ2n) is 4.58. The van der Waals surface area contributed by atoms with Gasteiger partial charge in [0, 0.05) is 11.9 Å². The smallest absolute Gasteiger partial charge is 0.355 e. The van der Waals surface area contributed by atoms with E-state index in [1.807, 2.05) is 0 Å². The molecule has 21 heavy (non-hydrogen) atoms. The Bertz CT molecular complexity index is 653. The van der Waals surface area contributed by atoms with Gasteiger partial charge in [-0.25, -0.2) is 9.18 Å². The van der Waals surface area contributed by atoms with Crippen molar-refractivity contribution in [3.05, 3.63) is 53.6 Å². The fraction of sp³-hybridized carbons (Fsp3) is 0.200. The average Bonchev–Trinajstić information content (AvgIpc) is 2.97. The molecular weight excluding hydrogens is 275 g/mol. The van der Waals surface area contributed by atoms with Crippen molar-refractivity contribution < 1.29 is 18.7 Å². The summed E-state index contributed by atoms with van der Waals surface area (Å²) in [5.74, 6) is -1.57. The molecule has 110 valence electrons. The minimum absolute atomic E-state index is 0.260. The Morgan fingerprint density at radius 2 is 2.10 bits per heavy atom. The molecule has 1 aromatic heterocycles. The third-order valence-electron chi connectivity index (χ3n) is 2.91. The van der Waals surface area contributed by atoms with E-state index in [0.29, 0.717) is 11.3 Å². The highest BCUT2D eigenvalue weighted by molar-refractivity contribution is 5.96. The molecule has 6 heteroatoms. The molecule has 0 aliphatic heterocycles. The summed E-state index contributed by atoms with van der Waals surface area (Å²) in [5.41, 5.74) is 1.06. The van der Waals surface area contributed by atoms with Crippen LogP contribution in [-0.2, 0) is 9.53 Å². The van der Waals surface area contributed by atoms with Crippen LogP contribution < -0.4 is 5.32 Å². The van der Waals surface area contributed by atoms with E-state index < -0.39 is 23.8 Å². The molecular formula is C15H15FN2O3. The number of anilines is 1. The summed E-state index contributed by atoms with van der Waals surface area (Å²) in [6.07, 6.45) is 0.585. The monoisotopic (exact) mass is 290 g/mol. The zero-order chi connectivity index (χ0) is 15.4. The highest BCUT2D eigenvalue weighted by atomic mass is 19.1. The lowest BCUT2D eigenvalue weighted by Crippen LogP contribution is -2.30. The van der Waals surface area contributed by atoms with E-state index in [0.717, 1.165) is 0 Å². The fourth-order valence-electron chi connectivity index (χ4n) is 1.65. The van der Waals surface area contributed by atoms with Gasteiger partial charge in [0.05, 0.1) is 0 Å². The van der Waals surface area contributed by atoms with Crippen LogP contribution in [0.4, 0.5) is 10.1 Å². The molecule has 2 aromatic rings. The van der Waals surface area contributed by atoms with E-state index in [1.165, 1.54) is 13.0 Å². The molecule has 0 fully saturated rings. The van der Waals surface area contributed by atoms with E-state index >= 15 is 0 Å². The first kappa shape index (κ1) is 14.8. The van der Waals surface area contributed by atoms with Crippen LogP contribution in [0.1, 0.15) is 23.0 Å². The summed E-state index contributed by atoms with van der Waals surface area (Å²) < 4.78 is 18.4. The van der Waals surface area contributed by atoms with Crippen molar-refractivity contribution in [1.29, 1.82) is 0 Å². The van der Waals surface area contributed by atoms with Gasteiger partial charge in [-0.05, 0) is 43.7 Å². The lowest BCUT2D eigenvalue weighted by molar-refractivity contribution is -0.123. The SMILES string of the molecule is Cc1ccc(NC(=O)[C@@H](C)OC(=O)c2ccc[nH]2)cc1F. The van der Waals surface area contributed by atoms with Gasteiger partial charge in [-0.2, -0.15) is 0 Å². The molecule has 0 aliphatic rings. The van der Waals surface area contributed by atoms with Gasteiger partial charge in [0.25, 0.3) is 5.91 Å². The molecule has 1 amide bonds. The first-order valence-corrected chi connectivity index (χ1v) is 6.39. The molecule has 0 radical (unpaired) electrons. The number of H-pyrrole nitrogens is 1. The van der Waals surface area contributed by atoms with Crippen LogP contribution in [0.2, 0.25) is 0 Å². The Morgan fingerprint density at radius 1 is 1.33 bits per heavy atom. The van der Waals surface area contributed by atoms with Crippen molar-refractivity contribution >= 4 is 17.6 Å². The van der Waals surface area contributed by atoms with Crippen LogP contribution in [-0.4, -0.2) is 23.0 Å². The van der Waals surface area contributed by atoms with Crippen LogP contribution in [0.5, 0.6) is 0 Å². The number of carbonyl (C=O) groups is 2. The number of esters is 1. The largest absolute Gasteiger partial charge is 0.448 e. The predicted molar refractivity (Wildman–Crippen MR) is 75.4 cm³/mol. The van der Waals surface area contributed by atoms with Gasteiger partial charge in [-0.3, -0.25) is 4.79 Å². The maximum absolute atomic E-state index is 13.4. The van der Waals surface area contributed by atoms with Gasteiger partial charge in [0.15, 0.2) is 6.10 Å². The molecule has 1 heterocycles. The maximum atomic E-state index is 13.4. The molecule has 0 unspecified atom stereocenters. The number of hydrogen-bond acceptors (Lipinski definition) is 3. The lowest BCUT2D eigenvalue weighted by atomic mass is 10.2. The summed E-state index contributed by atoms with van der Waals surface area (Å²) in [6.45, 7) is 3.07. The second-order valence-corrected chi connectivity index (χ2v) is 4.58. The number of aromatic amines is 1. The Hall–Kier alpha value is -2.63. The number of halogens is 1. The number of benzene rings is 1.